The van der Waals surface area contributed by atoms with Gasteiger partial charge in [0.2, 0.25) is 11.8 Å². The van der Waals surface area contributed by atoms with E-state index in [1.165, 1.54) is 0 Å². The molecular weight excluding hydrogens is 368 g/mol. The molecule has 5 rings (SSSR count). The molecule has 0 radical (unpaired) electrons. The maximum absolute atomic E-state index is 13.7. The number of rotatable bonds is 4. The summed E-state index contributed by atoms with van der Waals surface area (Å²) in [6.07, 6.45) is 8.33. The topological polar surface area (TPSA) is 98.3 Å². The summed E-state index contributed by atoms with van der Waals surface area (Å²) < 4.78 is 0. The Morgan fingerprint density at radius 3 is 2.76 bits per heavy atom. The Labute approximate surface area is 169 Å². The number of likely N-dealkylation sites (tertiary alicyclic amines) is 1. The Morgan fingerprint density at radius 2 is 2.00 bits per heavy atom. The predicted molar refractivity (Wildman–Crippen MR) is 109 cm³/mol. The van der Waals surface area contributed by atoms with E-state index in [4.69, 9.17) is 0 Å². The third-order valence-electron chi connectivity index (χ3n) is 7.38. The minimum absolute atomic E-state index is 0.119. The second-order valence-electron chi connectivity index (χ2n) is 8.97. The molecule has 2 aromatic rings. The van der Waals surface area contributed by atoms with Crippen molar-refractivity contribution in [1.82, 2.24) is 15.1 Å². The van der Waals surface area contributed by atoms with Crippen molar-refractivity contribution in [2.24, 2.45) is 11.3 Å². The van der Waals surface area contributed by atoms with Crippen molar-refractivity contribution >= 4 is 28.4 Å². The fourth-order valence-electron chi connectivity index (χ4n) is 5.70. The number of anilines is 1. The first-order chi connectivity index (χ1) is 14.1. The van der Waals surface area contributed by atoms with Gasteiger partial charge in [0.25, 0.3) is 0 Å². The predicted octanol–water partition coefficient (Wildman–Crippen LogP) is 2.82. The number of nitrogens with zero attached hydrogens (tertiary/aromatic N) is 2. The van der Waals surface area contributed by atoms with Crippen LogP contribution in [0, 0.1) is 11.3 Å². The van der Waals surface area contributed by atoms with Crippen LogP contribution in [0.5, 0.6) is 0 Å². The van der Waals surface area contributed by atoms with E-state index in [0.717, 1.165) is 61.5 Å². The van der Waals surface area contributed by atoms with Crippen molar-refractivity contribution in [2.75, 3.05) is 11.9 Å². The zero-order valence-electron chi connectivity index (χ0n) is 16.6. The average Bonchev–Trinajstić information content (AvgIpc) is 3.45. The number of carbonyl (C=O) groups excluding carboxylic acids is 2. The number of aliphatic hydroxyl groups is 1. The molecule has 1 aliphatic heterocycles. The Hall–Kier alpha value is -2.41. The van der Waals surface area contributed by atoms with Crippen molar-refractivity contribution in [2.45, 2.75) is 63.5 Å². The number of H-pyrrole nitrogens is 1. The maximum Gasteiger partial charge on any atom is 0.247 e. The lowest BCUT2D eigenvalue weighted by Crippen LogP contribution is -2.54. The van der Waals surface area contributed by atoms with Crippen LogP contribution in [0.2, 0.25) is 0 Å². The molecule has 154 valence electrons. The Morgan fingerprint density at radius 1 is 1.21 bits per heavy atom. The van der Waals surface area contributed by atoms with E-state index in [1.54, 1.807) is 6.20 Å². The first-order valence-corrected chi connectivity index (χ1v) is 10.8. The quantitative estimate of drug-likeness (QED) is 0.740. The zero-order chi connectivity index (χ0) is 20.0. The highest BCUT2D eigenvalue weighted by molar-refractivity contribution is 6.04. The fraction of sp³-hybridized carbons (Fsp3) is 0.591. The van der Waals surface area contributed by atoms with Crippen molar-refractivity contribution in [3.63, 3.8) is 0 Å². The van der Waals surface area contributed by atoms with Gasteiger partial charge in [0.05, 0.1) is 28.9 Å². The fourth-order valence-corrected chi connectivity index (χ4v) is 5.70. The number of aliphatic hydroxyl groups excluding tert-OH is 1. The number of benzene rings is 1. The van der Waals surface area contributed by atoms with Gasteiger partial charge in [-0.2, -0.15) is 5.10 Å². The van der Waals surface area contributed by atoms with E-state index in [2.05, 4.69) is 15.5 Å². The summed E-state index contributed by atoms with van der Waals surface area (Å²) in [5, 5.41) is 20.7. The second-order valence-corrected chi connectivity index (χ2v) is 8.97. The van der Waals surface area contributed by atoms with Crippen LogP contribution in [0.15, 0.2) is 24.4 Å². The summed E-state index contributed by atoms with van der Waals surface area (Å²) in [6.45, 7) is 0.643. The molecule has 29 heavy (non-hydrogen) atoms. The lowest BCUT2D eigenvalue weighted by atomic mass is 9.62. The number of hydrogen-bond acceptors (Lipinski definition) is 4. The summed E-state index contributed by atoms with van der Waals surface area (Å²) in [5.74, 6) is 0.286. The van der Waals surface area contributed by atoms with E-state index in [9.17, 15) is 14.7 Å². The largest absolute Gasteiger partial charge is 0.393 e. The smallest absolute Gasteiger partial charge is 0.247 e. The normalized spacial score (nSPS) is 28.4. The van der Waals surface area contributed by atoms with Crippen LogP contribution in [0.1, 0.15) is 51.4 Å². The monoisotopic (exact) mass is 396 g/mol. The Balaban J connectivity index is 1.36. The molecule has 2 heterocycles. The molecule has 2 amide bonds. The molecule has 2 aliphatic carbocycles. The third-order valence-corrected chi connectivity index (χ3v) is 7.38. The molecule has 3 N–H and O–H groups in total. The molecule has 7 nitrogen and oxygen atoms in total. The average molecular weight is 396 g/mol. The number of nitrogens with one attached hydrogen (secondary N) is 2. The van der Waals surface area contributed by atoms with Gasteiger partial charge in [0.15, 0.2) is 0 Å². The molecule has 3 fully saturated rings. The van der Waals surface area contributed by atoms with Crippen LogP contribution in [0.4, 0.5) is 5.69 Å². The van der Waals surface area contributed by atoms with Gasteiger partial charge < -0.3 is 15.3 Å². The molecule has 0 spiro atoms. The van der Waals surface area contributed by atoms with E-state index < -0.39 is 6.04 Å². The van der Waals surface area contributed by atoms with Gasteiger partial charge in [-0.1, -0.05) is 18.9 Å². The molecule has 0 bridgehead atoms. The van der Waals surface area contributed by atoms with Crippen molar-refractivity contribution in [3.8, 4) is 0 Å². The van der Waals surface area contributed by atoms with E-state index >= 15 is 0 Å². The molecule has 1 saturated heterocycles. The number of aromatic nitrogens is 2. The molecular formula is C22H28N4O3. The first kappa shape index (κ1) is 18.6. The van der Waals surface area contributed by atoms with Gasteiger partial charge in [-0.05, 0) is 56.6 Å². The number of hydrogen-bond donors (Lipinski definition) is 3. The van der Waals surface area contributed by atoms with Crippen molar-refractivity contribution in [1.29, 1.82) is 0 Å². The van der Waals surface area contributed by atoms with Gasteiger partial charge in [0.1, 0.15) is 6.04 Å². The highest BCUT2D eigenvalue weighted by Gasteiger charge is 2.54. The summed E-state index contributed by atoms with van der Waals surface area (Å²) in [5.41, 5.74) is 1.22. The van der Waals surface area contributed by atoms with Gasteiger partial charge in [-0.15, -0.1) is 0 Å². The summed E-state index contributed by atoms with van der Waals surface area (Å²) in [7, 11) is 0. The van der Waals surface area contributed by atoms with Crippen LogP contribution in [-0.2, 0) is 9.59 Å². The number of amides is 2. The minimum Gasteiger partial charge on any atom is -0.393 e. The van der Waals surface area contributed by atoms with E-state index in [1.807, 2.05) is 23.1 Å². The van der Waals surface area contributed by atoms with E-state index in [0.29, 0.717) is 13.0 Å². The highest BCUT2D eigenvalue weighted by atomic mass is 16.3. The van der Waals surface area contributed by atoms with Gasteiger partial charge >= 0.3 is 0 Å². The van der Waals surface area contributed by atoms with E-state index in [-0.39, 0.29) is 29.3 Å². The number of fused-ring (bicyclic) bond motifs is 1. The molecule has 7 heteroatoms. The van der Waals surface area contributed by atoms with Crippen LogP contribution in [-0.4, -0.2) is 50.7 Å². The zero-order valence-corrected chi connectivity index (χ0v) is 16.6. The number of aromatic amines is 1. The minimum atomic E-state index is -0.424. The Kier molecular flexibility index (Phi) is 4.57. The summed E-state index contributed by atoms with van der Waals surface area (Å²) in [6, 6.07) is 5.24. The molecule has 3 aliphatic rings. The van der Waals surface area contributed by atoms with Crippen LogP contribution >= 0.6 is 0 Å². The molecule has 0 unspecified atom stereocenters. The van der Waals surface area contributed by atoms with Crippen molar-refractivity contribution < 1.29 is 14.7 Å². The van der Waals surface area contributed by atoms with Crippen LogP contribution in [0.25, 0.3) is 10.9 Å². The van der Waals surface area contributed by atoms with Gasteiger partial charge in [0, 0.05) is 11.9 Å². The lowest BCUT2D eigenvalue weighted by molar-refractivity contribution is -0.154. The van der Waals surface area contributed by atoms with Gasteiger partial charge in [-0.25, -0.2) is 0 Å². The first-order valence-electron chi connectivity index (χ1n) is 10.8. The highest BCUT2D eigenvalue weighted by Crippen LogP contribution is 2.53. The summed E-state index contributed by atoms with van der Waals surface area (Å²) in [4.78, 5) is 28.7. The molecule has 1 atom stereocenters. The van der Waals surface area contributed by atoms with Gasteiger partial charge in [-0.3, -0.25) is 14.7 Å². The summed E-state index contributed by atoms with van der Waals surface area (Å²) >= 11 is 0. The Bertz CT molecular complexity index is 927. The second kappa shape index (κ2) is 7.13. The van der Waals surface area contributed by atoms with Crippen molar-refractivity contribution in [3.05, 3.63) is 24.4 Å². The SMILES string of the molecule is O=C(Nc1cccc2[nH]ncc12)[C@H]1CCCN1C(=O)C1(C2CC(O)C2)CCCC1. The number of carbonyl (C=O) groups is 2. The van der Waals surface area contributed by atoms with Crippen LogP contribution in [0.3, 0.4) is 0 Å². The third kappa shape index (κ3) is 3.03. The molecule has 2 saturated carbocycles. The lowest BCUT2D eigenvalue weighted by Gasteiger charge is -2.46. The molecule has 1 aromatic heterocycles. The maximum atomic E-state index is 13.7. The molecule has 1 aromatic carbocycles. The van der Waals surface area contributed by atoms with Crippen LogP contribution < -0.4 is 5.32 Å². The standard InChI is InChI=1S/C22H28N4O3/c27-15-11-14(12-15)22(8-1-2-9-22)21(29)26-10-4-7-19(26)20(28)24-17-5-3-6-18-16(17)13-23-25-18/h3,5-6,13-15,19,27H,1-2,4,7-12H2,(H,23,25)(H,24,28)/t14?,15?,19-/m1/s1.